The first-order valence-electron chi connectivity index (χ1n) is 3.62. The van der Waals surface area contributed by atoms with Gasteiger partial charge in [-0.1, -0.05) is 44.7 Å². The van der Waals surface area contributed by atoms with Crippen molar-refractivity contribution in [3.05, 3.63) is 42.4 Å². The first-order chi connectivity index (χ1) is 4.70. The molecule has 0 atom stereocenters. The van der Waals surface area contributed by atoms with Gasteiger partial charge >= 0.3 is 0 Å². The Kier molecular flexibility index (Phi) is 8.40. The summed E-state index contributed by atoms with van der Waals surface area (Å²) in [5.74, 6) is 2.01. The molecule has 0 aromatic rings. The molecule has 0 aromatic heterocycles. The quantitative estimate of drug-likeness (QED) is 0.588. The first kappa shape index (κ1) is 14.8. The average Bonchev–Trinajstić information content (AvgIpc) is 1.88. The van der Waals surface area contributed by atoms with Gasteiger partial charge in [0.1, 0.15) is 0 Å². The Bertz CT molecular complexity index is 176. The van der Waals surface area contributed by atoms with E-state index in [1.54, 1.807) is 0 Å². The topological polar surface area (TPSA) is 0 Å². The Labute approximate surface area is 98.3 Å². The Hall–Kier alpha value is 0.323. The van der Waals surface area contributed by atoms with E-state index in [1.165, 1.54) is 5.92 Å². The van der Waals surface area contributed by atoms with Crippen LogP contribution in [-0.2, 0) is 19.5 Å². The van der Waals surface area contributed by atoms with Crippen molar-refractivity contribution < 1.29 is 36.5 Å². The van der Waals surface area contributed by atoms with Crippen molar-refractivity contribution in [1.29, 1.82) is 0 Å². The molecular weight excluding hydrogens is 265 g/mol. The van der Waals surface area contributed by atoms with Gasteiger partial charge in [0.15, 0.2) is 0 Å². The third-order valence-electron chi connectivity index (χ3n) is 1.65. The summed E-state index contributed by atoms with van der Waals surface area (Å²) in [6.45, 7) is 8.21. The number of rotatable bonds is 1. The van der Waals surface area contributed by atoms with Crippen molar-refractivity contribution in [3.63, 3.8) is 0 Å². The van der Waals surface area contributed by atoms with Crippen molar-refractivity contribution in [2.45, 2.75) is 13.8 Å². The SMILES string of the molecule is C=C1C=C[C](C(C)C)C=C1.[Br-].[Zn]. The molecule has 0 N–H and O–H groups in total. The largest absolute Gasteiger partial charge is 1.00 e. The minimum absolute atomic E-state index is 0. The van der Waals surface area contributed by atoms with Crippen LogP contribution in [0.1, 0.15) is 13.8 Å². The van der Waals surface area contributed by atoms with E-state index in [0.717, 1.165) is 5.57 Å². The van der Waals surface area contributed by atoms with Gasteiger partial charge in [-0.25, -0.2) is 0 Å². The molecule has 0 amide bonds. The van der Waals surface area contributed by atoms with Gasteiger partial charge in [0.2, 0.25) is 0 Å². The second-order valence-corrected chi connectivity index (χ2v) is 2.90. The van der Waals surface area contributed by atoms with E-state index in [1.807, 2.05) is 0 Å². The summed E-state index contributed by atoms with van der Waals surface area (Å²) in [6.07, 6.45) is 8.37. The molecule has 0 saturated heterocycles. The van der Waals surface area contributed by atoms with E-state index in [9.17, 15) is 0 Å². The number of allylic oxidation sites excluding steroid dienone is 5. The molecule has 0 bridgehead atoms. The minimum atomic E-state index is 0. The molecule has 0 aliphatic heterocycles. The van der Waals surface area contributed by atoms with E-state index < -0.39 is 0 Å². The van der Waals surface area contributed by atoms with Crippen molar-refractivity contribution in [1.82, 2.24) is 0 Å². The summed E-state index contributed by atoms with van der Waals surface area (Å²) < 4.78 is 0. The maximum Gasteiger partial charge on any atom is 0.0219 e. The molecule has 0 saturated carbocycles. The predicted molar refractivity (Wildman–Crippen MR) is 45.5 cm³/mol. The molecular formula is C10H13BrZn-. The molecule has 0 nitrogen and oxygen atoms in total. The van der Waals surface area contributed by atoms with Crippen LogP contribution in [0.2, 0.25) is 0 Å². The van der Waals surface area contributed by atoms with Gasteiger partial charge in [0, 0.05) is 25.4 Å². The van der Waals surface area contributed by atoms with E-state index >= 15 is 0 Å². The Balaban J connectivity index is 0. The third-order valence-corrected chi connectivity index (χ3v) is 1.65. The summed E-state index contributed by atoms with van der Waals surface area (Å²) in [5, 5.41) is 0. The molecule has 1 rings (SSSR count). The summed E-state index contributed by atoms with van der Waals surface area (Å²) >= 11 is 0. The van der Waals surface area contributed by atoms with Gasteiger partial charge in [-0.2, -0.15) is 0 Å². The molecule has 0 fully saturated rings. The van der Waals surface area contributed by atoms with Crippen molar-refractivity contribution in [3.8, 4) is 0 Å². The monoisotopic (exact) mass is 276 g/mol. The fourth-order valence-electron chi connectivity index (χ4n) is 0.903. The smallest absolute Gasteiger partial charge is 0.0219 e. The van der Waals surface area contributed by atoms with Gasteiger partial charge in [0.05, 0.1) is 0 Å². The molecule has 1 aliphatic rings. The van der Waals surface area contributed by atoms with Crippen LogP contribution in [0.25, 0.3) is 0 Å². The van der Waals surface area contributed by atoms with Crippen LogP contribution in [0.5, 0.6) is 0 Å². The Morgan fingerprint density at radius 1 is 1.08 bits per heavy atom. The van der Waals surface area contributed by atoms with Crippen molar-refractivity contribution in [2.75, 3.05) is 0 Å². The van der Waals surface area contributed by atoms with Crippen molar-refractivity contribution >= 4 is 0 Å². The standard InChI is InChI=1S/C10H13.BrH.Zn/c1-8(2)10-6-4-9(3)5-7-10;;/h4-8H,3H2,1-2H3;1H;/p-1. The summed E-state index contributed by atoms with van der Waals surface area (Å²) in [5.41, 5.74) is 1.09. The van der Waals surface area contributed by atoms with Gasteiger partial charge < -0.3 is 17.0 Å². The number of hydrogen-bond acceptors (Lipinski definition) is 0. The van der Waals surface area contributed by atoms with Gasteiger partial charge in [-0.3, -0.25) is 0 Å². The van der Waals surface area contributed by atoms with Crippen LogP contribution in [0, 0.1) is 11.8 Å². The fraction of sp³-hybridized carbons (Fsp3) is 0.300. The zero-order valence-corrected chi connectivity index (χ0v) is 12.2. The molecule has 63 valence electrons. The van der Waals surface area contributed by atoms with Gasteiger partial charge in [0.25, 0.3) is 0 Å². The van der Waals surface area contributed by atoms with Gasteiger partial charge in [-0.05, 0) is 11.5 Å². The van der Waals surface area contributed by atoms with Crippen LogP contribution in [-0.4, -0.2) is 0 Å². The third kappa shape index (κ3) is 4.37. The summed E-state index contributed by atoms with van der Waals surface area (Å²) in [4.78, 5) is 0. The maximum absolute atomic E-state index is 3.82. The average molecular weight is 279 g/mol. The minimum Gasteiger partial charge on any atom is -1.00 e. The molecule has 1 radical (unpaired) electrons. The van der Waals surface area contributed by atoms with E-state index in [0.29, 0.717) is 5.92 Å². The van der Waals surface area contributed by atoms with Crippen molar-refractivity contribution in [2.24, 2.45) is 5.92 Å². The normalized spacial score (nSPS) is 15.8. The van der Waals surface area contributed by atoms with E-state index in [2.05, 4.69) is 44.7 Å². The maximum atomic E-state index is 3.82. The molecule has 0 unspecified atom stereocenters. The zero-order valence-electron chi connectivity index (χ0n) is 7.68. The number of halogens is 1. The van der Waals surface area contributed by atoms with Crippen LogP contribution in [0.3, 0.4) is 0 Å². The summed E-state index contributed by atoms with van der Waals surface area (Å²) in [7, 11) is 0. The van der Waals surface area contributed by atoms with Gasteiger partial charge in [-0.15, -0.1) is 0 Å². The number of hydrogen-bond donors (Lipinski definition) is 0. The fourth-order valence-corrected chi connectivity index (χ4v) is 0.903. The van der Waals surface area contributed by atoms with Crippen LogP contribution in [0.15, 0.2) is 36.5 Å². The molecule has 2 heteroatoms. The zero-order chi connectivity index (χ0) is 7.56. The molecule has 0 aromatic carbocycles. The van der Waals surface area contributed by atoms with Crippen LogP contribution < -0.4 is 17.0 Å². The molecule has 0 spiro atoms. The molecule has 1 aliphatic carbocycles. The molecule has 12 heavy (non-hydrogen) atoms. The predicted octanol–water partition coefficient (Wildman–Crippen LogP) is -0.0994. The second kappa shape index (κ2) is 6.80. The Morgan fingerprint density at radius 3 is 1.83 bits per heavy atom. The Morgan fingerprint density at radius 2 is 1.50 bits per heavy atom. The summed E-state index contributed by atoms with van der Waals surface area (Å²) in [6, 6.07) is 0. The molecule has 0 heterocycles. The van der Waals surface area contributed by atoms with Crippen LogP contribution in [0.4, 0.5) is 0 Å². The second-order valence-electron chi connectivity index (χ2n) is 2.90. The van der Waals surface area contributed by atoms with E-state index in [-0.39, 0.29) is 36.5 Å². The van der Waals surface area contributed by atoms with E-state index in [4.69, 9.17) is 0 Å². The van der Waals surface area contributed by atoms with Crippen LogP contribution >= 0.6 is 0 Å². The first-order valence-corrected chi connectivity index (χ1v) is 3.62.